The molecule has 0 aliphatic rings. The lowest BCUT2D eigenvalue weighted by molar-refractivity contribution is -0.147. The standard InChI is InChI=1S/C13H19NO4/c1-5-6-13(3,12(16)17-4)14-11(15)10-7-9(2)18-8-10/h7-8H,5-6H2,1-4H3,(H,14,15). The normalized spacial score (nSPS) is 13.8. The Labute approximate surface area is 106 Å². The number of ether oxygens (including phenoxy) is 1. The van der Waals surface area contributed by atoms with Crippen molar-refractivity contribution in [3.05, 3.63) is 23.7 Å². The Kier molecular flexibility index (Phi) is 4.53. The third-order valence-electron chi connectivity index (χ3n) is 2.77. The maximum Gasteiger partial charge on any atom is 0.331 e. The minimum Gasteiger partial charge on any atom is -0.469 e. The van der Waals surface area contributed by atoms with Gasteiger partial charge in [-0.15, -0.1) is 0 Å². The predicted molar refractivity (Wildman–Crippen MR) is 66.2 cm³/mol. The molecule has 0 radical (unpaired) electrons. The van der Waals surface area contributed by atoms with Crippen LogP contribution < -0.4 is 5.32 Å². The first-order valence-corrected chi connectivity index (χ1v) is 5.89. The van der Waals surface area contributed by atoms with Crippen molar-refractivity contribution in [2.24, 2.45) is 0 Å². The van der Waals surface area contributed by atoms with E-state index in [2.05, 4.69) is 5.32 Å². The third-order valence-corrected chi connectivity index (χ3v) is 2.77. The van der Waals surface area contributed by atoms with Crippen LogP contribution in [0.4, 0.5) is 0 Å². The van der Waals surface area contributed by atoms with Crippen LogP contribution in [0.25, 0.3) is 0 Å². The van der Waals surface area contributed by atoms with Gasteiger partial charge in [0.2, 0.25) is 0 Å². The summed E-state index contributed by atoms with van der Waals surface area (Å²) in [4.78, 5) is 23.7. The molecule has 1 amide bonds. The van der Waals surface area contributed by atoms with Gasteiger partial charge >= 0.3 is 5.97 Å². The lowest BCUT2D eigenvalue weighted by Gasteiger charge is -2.27. The summed E-state index contributed by atoms with van der Waals surface area (Å²) < 4.78 is 9.80. The monoisotopic (exact) mass is 253 g/mol. The number of aryl methyl sites for hydroxylation is 1. The van der Waals surface area contributed by atoms with Crippen molar-refractivity contribution in [2.75, 3.05) is 7.11 Å². The van der Waals surface area contributed by atoms with Gasteiger partial charge in [-0.2, -0.15) is 0 Å². The van der Waals surface area contributed by atoms with Crippen LogP contribution in [0, 0.1) is 6.92 Å². The highest BCUT2D eigenvalue weighted by atomic mass is 16.5. The molecule has 1 aromatic rings. The van der Waals surface area contributed by atoms with Crippen molar-refractivity contribution in [1.82, 2.24) is 5.32 Å². The molecule has 1 rings (SSSR count). The number of hydrogen-bond acceptors (Lipinski definition) is 4. The zero-order chi connectivity index (χ0) is 13.8. The number of hydrogen-bond donors (Lipinski definition) is 1. The average Bonchev–Trinajstić information content (AvgIpc) is 2.75. The van der Waals surface area contributed by atoms with Gasteiger partial charge in [-0.3, -0.25) is 4.79 Å². The molecule has 0 saturated carbocycles. The van der Waals surface area contributed by atoms with Crippen molar-refractivity contribution in [1.29, 1.82) is 0 Å². The second kappa shape index (κ2) is 5.71. The lowest BCUT2D eigenvalue weighted by atomic mass is 9.96. The summed E-state index contributed by atoms with van der Waals surface area (Å²) in [5, 5.41) is 2.70. The van der Waals surface area contributed by atoms with Gasteiger partial charge < -0.3 is 14.5 Å². The van der Waals surface area contributed by atoms with E-state index in [0.717, 1.165) is 6.42 Å². The summed E-state index contributed by atoms with van der Waals surface area (Å²) in [7, 11) is 1.31. The number of carbonyl (C=O) groups is 2. The second-order valence-electron chi connectivity index (χ2n) is 4.47. The van der Waals surface area contributed by atoms with E-state index < -0.39 is 11.5 Å². The van der Waals surface area contributed by atoms with Gasteiger partial charge in [0.1, 0.15) is 17.6 Å². The van der Waals surface area contributed by atoms with Crippen LogP contribution in [-0.2, 0) is 9.53 Å². The average molecular weight is 253 g/mol. The Bertz CT molecular complexity index is 438. The SMILES string of the molecule is CCCC(C)(NC(=O)c1coc(C)c1)C(=O)OC. The maximum absolute atomic E-state index is 12.0. The highest BCUT2D eigenvalue weighted by Crippen LogP contribution is 2.16. The Balaban J connectivity index is 2.84. The van der Waals surface area contributed by atoms with Gasteiger partial charge in [0.05, 0.1) is 12.7 Å². The minimum atomic E-state index is -1.01. The highest BCUT2D eigenvalue weighted by molar-refractivity contribution is 5.97. The van der Waals surface area contributed by atoms with Crippen molar-refractivity contribution in [3.63, 3.8) is 0 Å². The van der Waals surface area contributed by atoms with Crippen molar-refractivity contribution in [3.8, 4) is 0 Å². The summed E-state index contributed by atoms with van der Waals surface area (Å²) in [5.74, 6) is -0.137. The maximum atomic E-state index is 12.0. The molecular weight excluding hydrogens is 234 g/mol. The van der Waals surface area contributed by atoms with Gasteiger partial charge in [0, 0.05) is 0 Å². The molecule has 1 heterocycles. The molecule has 18 heavy (non-hydrogen) atoms. The quantitative estimate of drug-likeness (QED) is 0.815. The molecule has 0 fully saturated rings. The fourth-order valence-corrected chi connectivity index (χ4v) is 1.83. The van der Waals surface area contributed by atoms with Gasteiger partial charge in [-0.05, 0) is 26.3 Å². The van der Waals surface area contributed by atoms with E-state index in [-0.39, 0.29) is 5.91 Å². The number of furan rings is 1. The van der Waals surface area contributed by atoms with Crippen molar-refractivity contribution < 1.29 is 18.7 Å². The molecule has 5 nitrogen and oxygen atoms in total. The van der Waals surface area contributed by atoms with E-state index in [1.54, 1.807) is 19.9 Å². The van der Waals surface area contributed by atoms with Crippen molar-refractivity contribution >= 4 is 11.9 Å². The molecule has 0 spiro atoms. The number of esters is 1. The van der Waals surface area contributed by atoms with E-state index in [1.165, 1.54) is 13.4 Å². The molecule has 0 aliphatic carbocycles. The van der Waals surface area contributed by atoms with Crippen LogP contribution in [-0.4, -0.2) is 24.5 Å². The number of carbonyl (C=O) groups excluding carboxylic acids is 2. The Morgan fingerprint density at radius 3 is 2.61 bits per heavy atom. The molecule has 0 aliphatic heterocycles. The Hall–Kier alpha value is -1.78. The first-order valence-electron chi connectivity index (χ1n) is 5.89. The smallest absolute Gasteiger partial charge is 0.331 e. The fourth-order valence-electron chi connectivity index (χ4n) is 1.83. The summed E-state index contributed by atoms with van der Waals surface area (Å²) in [6.45, 7) is 5.35. The minimum absolute atomic E-state index is 0.340. The molecule has 1 aromatic heterocycles. The fraction of sp³-hybridized carbons (Fsp3) is 0.538. The zero-order valence-corrected chi connectivity index (χ0v) is 11.2. The van der Waals surface area contributed by atoms with Crippen molar-refractivity contribution in [2.45, 2.75) is 39.2 Å². The second-order valence-corrected chi connectivity index (χ2v) is 4.47. The molecule has 1 N–H and O–H groups in total. The predicted octanol–water partition coefficient (Wildman–Crippen LogP) is 2.05. The van der Waals surface area contributed by atoms with E-state index >= 15 is 0 Å². The largest absolute Gasteiger partial charge is 0.469 e. The number of amides is 1. The van der Waals surface area contributed by atoms with Crippen LogP contribution in [0.2, 0.25) is 0 Å². The van der Waals surface area contributed by atoms with Crippen LogP contribution >= 0.6 is 0 Å². The summed E-state index contributed by atoms with van der Waals surface area (Å²) in [6.07, 6.45) is 2.65. The third kappa shape index (κ3) is 3.12. The summed E-state index contributed by atoms with van der Waals surface area (Å²) in [5.41, 5.74) is -0.607. The highest BCUT2D eigenvalue weighted by Gasteiger charge is 2.35. The number of nitrogens with one attached hydrogen (secondary N) is 1. The summed E-state index contributed by atoms with van der Waals surface area (Å²) >= 11 is 0. The zero-order valence-electron chi connectivity index (χ0n) is 11.2. The molecule has 1 atom stereocenters. The van der Waals surface area contributed by atoms with E-state index in [1.807, 2.05) is 6.92 Å². The topological polar surface area (TPSA) is 68.5 Å². The van der Waals surface area contributed by atoms with Gasteiger partial charge in [0.15, 0.2) is 0 Å². The number of methoxy groups -OCH3 is 1. The molecule has 5 heteroatoms. The molecule has 0 bridgehead atoms. The Morgan fingerprint density at radius 1 is 1.50 bits per heavy atom. The first kappa shape index (κ1) is 14.3. The first-order chi connectivity index (χ1) is 8.42. The summed E-state index contributed by atoms with van der Waals surface area (Å²) in [6, 6.07) is 1.62. The molecule has 1 unspecified atom stereocenters. The van der Waals surface area contributed by atoms with Crippen LogP contribution in [0.15, 0.2) is 16.7 Å². The molecular formula is C13H19NO4. The molecule has 0 saturated heterocycles. The van der Waals surface area contributed by atoms with E-state index in [9.17, 15) is 9.59 Å². The van der Waals surface area contributed by atoms with E-state index in [0.29, 0.717) is 17.7 Å². The van der Waals surface area contributed by atoms with Crippen LogP contribution in [0.5, 0.6) is 0 Å². The van der Waals surface area contributed by atoms with Gasteiger partial charge in [-0.25, -0.2) is 4.79 Å². The van der Waals surface area contributed by atoms with Crippen LogP contribution in [0.3, 0.4) is 0 Å². The van der Waals surface area contributed by atoms with Crippen LogP contribution in [0.1, 0.15) is 42.8 Å². The van der Waals surface area contributed by atoms with E-state index in [4.69, 9.17) is 9.15 Å². The Morgan fingerprint density at radius 2 is 2.17 bits per heavy atom. The molecule has 0 aromatic carbocycles. The lowest BCUT2D eigenvalue weighted by Crippen LogP contribution is -2.52. The number of rotatable bonds is 5. The van der Waals surface area contributed by atoms with Gasteiger partial charge in [-0.1, -0.05) is 13.3 Å². The van der Waals surface area contributed by atoms with Gasteiger partial charge in [0.25, 0.3) is 5.91 Å². The molecule has 100 valence electrons.